The molecule has 2 amide bonds. The number of halogens is 3. The first-order valence-electron chi connectivity index (χ1n) is 7.38. The van der Waals surface area contributed by atoms with Gasteiger partial charge in [0.25, 0.3) is 11.8 Å². The van der Waals surface area contributed by atoms with Crippen LogP contribution in [0.25, 0.3) is 0 Å². The van der Waals surface area contributed by atoms with Crippen molar-refractivity contribution in [1.82, 2.24) is 5.01 Å². The van der Waals surface area contributed by atoms with Gasteiger partial charge in [0, 0.05) is 15.6 Å². The van der Waals surface area contributed by atoms with Gasteiger partial charge in [0.15, 0.2) is 5.71 Å². The number of hydrazone groups is 1. The third-order valence-electron chi connectivity index (χ3n) is 4.12. The molecular formula is C17H10Cl3N3O2. The largest absolute Gasteiger partial charge is 0.320 e. The number of alkyl halides is 1. The predicted octanol–water partition coefficient (Wildman–Crippen LogP) is 3.84. The molecule has 2 atom stereocenters. The molecule has 1 N–H and O–H groups in total. The Balaban J connectivity index is 1.73. The molecule has 0 spiro atoms. The van der Waals surface area contributed by atoms with Crippen LogP contribution < -0.4 is 5.32 Å². The van der Waals surface area contributed by atoms with Crippen molar-refractivity contribution in [3.8, 4) is 0 Å². The highest BCUT2D eigenvalue weighted by atomic mass is 35.5. The molecule has 1 saturated heterocycles. The zero-order valence-electron chi connectivity index (χ0n) is 12.5. The third kappa shape index (κ3) is 2.68. The molecule has 2 aliphatic heterocycles. The normalized spacial score (nSPS) is 23.5. The lowest BCUT2D eigenvalue weighted by molar-refractivity contribution is -0.145. The minimum absolute atomic E-state index is 0.133. The van der Waals surface area contributed by atoms with Gasteiger partial charge in [-0.15, -0.1) is 11.6 Å². The van der Waals surface area contributed by atoms with Crippen molar-refractivity contribution in [3.63, 3.8) is 0 Å². The van der Waals surface area contributed by atoms with E-state index in [0.29, 0.717) is 21.3 Å². The lowest BCUT2D eigenvalue weighted by Crippen LogP contribution is -2.53. The summed E-state index contributed by atoms with van der Waals surface area (Å²) >= 11 is 18.1. The Labute approximate surface area is 158 Å². The number of carbonyl (C=O) groups excluding carboxylic acids is 2. The van der Waals surface area contributed by atoms with Crippen molar-refractivity contribution in [3.05, 3.63) is 63.6 Å². The zero-order valence-corrected chi connectivity index (χ0v) is 14.8. The first kappa shape index (κ1) is 16.4. The molecule has 0 radical (unpaired) electrons. The average molecular weight is 395 g/mol. The summed E-state index contributed by atoms with van der Waals surface area (Å²) in [5.74, 6) is -0.754. The van der Waals surface area contributed by atoms with Crippen LogP contribution in [-0.4, -0.2) is 27.9 Å². The van der Waals surface area contributed by atoms with Crippen LogP contribution in [0.2, 0.25) is 10.0 Å². The molecule has 0 aromatic heterocycles. The van der Waals surface area contributed by atoms with Crippen LogP contribution in [0, 0.1) is 0 Å². The van der Waals surface area contributed by atoms with Crippen molar-refractivity contribution in [2.45, 2.75) is 11.4 Å². The number of nitrogens with one attached hydrogen (secondary N) is 1. The second-order valence-corrected chi connectivity index (χ2v) is 7.02. The van der Waals surface area contributed by atoms with E-state index >= 15 is 0 Å². The fourth-order valence-corrected chi connectivity index (χ4v) is 3.50. The van der Waals surface area contributed by atoms with Crippen LogP contribution in [0.3, 0.4) is 0 Å². The van der Waals surface area contributed by atoms with E-state index in [1.807, 2.05) is 0 Å². The number of carbonyl (C=O) groups is 2. The van der Waals surface area contributed by atoms with E-state index in [1.54, 1.807) is 42.5 Å². The molecular weight excluding hydrogens is 385 g/mol. The number of fused-ring (bicyclic) bond motifs is 1. The molecule has 2 aliphatic rings. The van der Waals surface area contributed by atoms with E-state index in [1.165, 1.54) is 5.01 Å². The summed E-state index contributed by atoms with van der Waals surface area (Å²) in [6, 6.07) is 11.5. The molecule has 8 heteroatoms. The first-order valence-corrected chi connectivity index (χ1v) is 8.57. The molecule has 4 rings (SSSR count). The van der Waals surface area contributed by atoms with Gasteiger partial charge in [-0.05, 0) is 35.9 Å². The summed E-state index contributed by atoms with van der Waals surface area (Å²) in [5, 5.41) is 8.51. The molecule has 2 aromatic carbocycles. The van der Waals surface area contributed by atoms with Gasteiger partial charge in [-0.3, -0.25) is 9.59 Å². The maximum absolute atomic E-state index is 12.2. The average Bonchev–Trinajstić information content (AvgIpc) is 2.90. The summed E-state index contributed by atoms with van der Waals surface area (Å²) in [6.45, 7) is 0. The number of hydrogen-bond acceptors (Lipinski definition) is 3. The number of β-lactam (4-membered cyclic amide) rings is 1. The molecule has 1 fully saturated rings. The van der Waals surface area contributed by atoms with Gasteiger partial charge in [-0.2, -0.15) is 5.10 Å². The van der Waals surface area contributed by atoms with Crippen LogP contribution >= 0.6 is 34.8 Å². The Hall–Kier alpha value is -2.08. The Kier molecular flexibility index (Phi) is 3.95. The van der Waals surface area contributed by atoms with Crippen molar-refractivity contribution in [2.24, 2.45) is 5.10 Å². The Morgan fingerprint density at radius 3 is 2.40 bits per heavy atom. The third-order valence-corrected chi connectivity index (χ3v) is 5.03. The molecule has 126 valence electrons. The molecule has 25 heavy (non-hydrogen) atoms. The number of anilines is 1. The van der Waals surface area contributed by atoms with Gasteiger partial charge >= 0.3 is 0 Å². The smallest absolute Gasteiger partial charge is 0.276 e. The number of rotatable bonds is 2. The van der Waals surface area contributed by atoms with Crippen molar-refractivity contribution in [1.29, 1.82) is 0 Å². The van der Waals surface area contributed by atoms with E-state index in [9.17, 15) is 9.59 Å². The summed E-state index contributed by atoms with van der Waals surface area (Å²) in [6.07, 6.45) is 0. The molecule has 0 saturated carbocycles. The van der Waals surface area contributed by atoms with Gasteiger partial charge in [0.05, 0.1) is 5.69 Å². The summed E-state index contributed by atoms with van der Waals surface area (Å²) in [7, 11) is 0. The minimum atomic E-state index is -0.742. The number of hydrogen-bond donors (Lipinski definition) is 1. The number of nitrogens with zero attached hydrogens (tertiary/aromatic N) is 2. The fraction of sp³-hybridized carbons (Fsp3) is 0.118. The minimum Gasteiger partial charge on any atom is -0.320 e. The molecule has 0 bridgehead atoms. The van der Waals surface area contributed by atoms with E-state index in [2.05, 4.69) is 10.4 Å². The quantitative estimate of drug-likeness (QED) is 0.621. The topological polar surface area (TPSA) is 61.8 Å². The molecule has 2 unspecified atom stereocenters. The standard InChI is InChI=1S/C17H10Cl3N3O2/c18-9-3-1-8(2-4-9)15-13(20)17(25)23(15)22-14-11-7-10(19)5-6-12(11)21-16(14)24/h1-7,13,15H,(H,21,22,24). The summed E-state index contributed by atoms with van der Waals surface area (Å²) in [4.78, 5) is 24.4. The molecule has 0 aliphatic carbocycles. The second kappa shape index (κ2) is 6.02. The SMILES string of the molecule is O=C1Nc2ccc(Cl)cc2C1=NN1C(=O)C(Cl)C1c1ccc(Cl)cc1. The fourth-order valence-electron chi connectivity index (χ4n) is 2.85. The van der Waals surface area contributed by atoms with Gasteiger partial charge in [0.2, 0.25) is 0 Å². The Bertz CT molecular complexity index is 927. The lowest BCUT2D eigenvalue weighted by Gasteiger charge is -2.40. The van der Waals surface area contributed by atoms with Gasteiger partial charge in [-0.1, -0.05) is 35.3 Å². The van der Waals surface area contributed by atoms with Crippen molar-refractivity contribution >= 4 is 58.0 Å². The predicted molar refractivity (Wildman–Crippen MR) is 97.3 cm³/mol. The van der Waals surface area contributed by atoms with Crippen LogP contribution in [0.1, 0.15) is 17.2 Å². The number of benzene rings is 2. The Morgan fingerprint density at radius 1 is 1.00 bits per heavy atom. The zero-order chi connectivity index (χ0) is 17.7. The highest BCUT2D eigenvalue weighted by Gasteiger charge is 2.48. The monoisotopic (exact) mass is 393 g/mol. The van der Waals surface area contributed by atoms with E-state index in [4.69, 9.17) is 34.8 Å². The van der Waals surface area contributed by atoms with Crippen molar-refractivity contribution < 1.29 is 9.59 Å². The van der Waals surface area contributed by atoms with E-state index in [0.717, 1.165) is 5.56 Å². The van der Waals surface area contributed by atoms with E-state index < -0.39 is 17.3 Å². The Morgan fingerprint density at radius 2 is 1.68 bits per heavy atom. The van der Waals surface area contributed by atoms with Gasteiger partial charge < -0.3 is 5.32 Å². The van der Waals surface area contributed by atoms with Crippen LogP contribution in [-0.2, 0) is 9.59 Å². The molecule has 2 heterocycles. The maximum atomic E-state index is 12.2. The highest BCUT2D eigenvalue weighted by molar-refractivity contribution is 6.54. The summed E-state index contributed by atoms with van der Waals surface area (Å²) < 4.78 is 0. The molecule has 5 nitrogen and oxygen atoms in total. The van der Waals surface area contributed by atoms with Crippen molar-refractivity contribution in [2.75, 3.05) is 5.32 Å². The van der Waals surface area contributed by atoms with Gasteiger partial charge in [-0.25, -0.2) is 5.01 Å². The first-order chi connectivity index (χ1) is 12.0. The van der Waals surface area contributed by atoms with Gasteiger partial charge in [0.1, 0.15) is 11.4 Å². The number of amides is 2. The second-order valence-electron chi connectivity index (χ2n) is 5.67. The van der Waals surface area contributed by atoms with E-state index in [-0.39, 0.29) is 11.6 Å². The summed E-state index contributed by atoms with van der Waals surface area (Å²) in [5.41, 5.74) is 2.08. The highest BCUT2D eigenvalue weighted by Crippen LogP contribution is 2.40. The molecule has 2 aromatic rings. The van der Waals surface area contributed by atoms with Crippen LogP contribution in [0.15, 0.2) is 47.6 Å². The van der Waals surface area contributed by atoms with Crippen LogP contribution in [0.5, 0.6) is 0 Å². The lowest BCUT2D eigenvalue weighted by atomic mass is 9.95. The van der Waals surface area contributed by atoms with Crippen LogP contribution in [0.4, 0.5) is 5.69 Å². The maximum Gasteiger partial charge on any atom is 0.276 e.